The molecule has 0 radical (unpaired) electrons. The molecule has 0 aromatic carbocycles. The first-order valence-electron chi connectivity index (χ1n) is 6.97. The summed E-state index contributed by atoms with van der Waals surface area (Å²) in [6, 6.07) is 0.319. The van der Waals surface area contributed by atoms with Gasteiger partial charge in [0.25, 0.3) is 0 Å². The van der Waals surface area contributed by atoms with Crippen molar-refractivity contribution in [3.63, 3.8) is 0 Å². The van der Waals surface area contributed by atoms with Crippen molar-refractivity contribution in [1.29, 1.82) is 0 Å². The average Bonchev–Trinajstić information content (AvgIpc) is 2.74. The molecular weight excluding hydrogens is 230 g/mol. The second-order valence-electron chi connectivity index (χ2n) is 7.24. The zero-order valence-electron chi connectivity index (χ0n) is 11.5. The predicted octanol–water partition coefficient (Wildman–Crippen LogP) is 2.01. The second kappa shape index (κ2) is 3.62. The summed E-state index contributed by atoms with van der Waals surface area (Å²) in [6.45, 7) is 6.82. The summed E-state index contributed by atoms with van der Waals surface area (Å²) in [6.07, 6.45) is 3.18. The van der Waals surface area contributed by atoms with Crippen LogP contribution in [0.2, 0.25) is 0 Å². The van der Waals surface area contributed by atoms with Crippen molar-refractivity contribution in [2.24, 2.45) is 17.3 Å². The van der Waals surface area contributed by atoms with Gasteiger partial charge in [-0.1, -0.05) is 0 Å². The largest absolute Gasteiger partial charge is 0.444 e. The van der Waals surface area contributed by atoms with E-state index in [0.717, 1.165) is 25.8 Å². The van der Waals surface area contributed by atoms with Crippen LogP contribution in [0.5, 0.6) is 0 Å². The van der Waals surface area contributed by atoms with Crippen molar-refractivity contribution in [2.75, 3.05) is 13.2 Å². The molecule has 4 heteroatoms. The molecule has 2 saturated carbocycles. The van der Waals surface area contributed by atoms with E-state index >= 15 is 0 Å². The number of carbonyl (C=O) groups excluding carboxylic acids is 1. The summed E-state index contributed by atoms with van der Waals surface area (Å²) in [5.41, 5.74) is -0.280. The maximum atomic E-state index is 12.1. The van der Waals surface area contributed by atoms with Gasteiger partial charge in [0, 0.05) is 19.2 Å². The normalized spacial score (nSPS) is 36.2. The molecule has 102 valence electrons. The highest BCUT2D eigenvalue weighted by Crippen LogP contribution is 2.64. The highest BCUT2D eigenvalue weighted by atomic mass is 16.6. The Hall–Kier alpha value is -0.770. The van der Waals surface area contributed by atoms with Gasteiger partial charge in [-0.05, 0) is 57.3 Å². The summed E-state index contributed by atoms with van der Waals surface area (Å²) in [5, 5.41) is 9.53. The number of nitrogens with zero attached hydrogens (tertiary/aromatic N) is 1. The third kappa shape index (κ3) is 1.73. The number of amides is 1. The zero-order valence-corrected chi connectivity index (χ0v) is 11.5. The number of ether oxygens (including phenoxy) is 1. The van der Waals surface area contributed by atoms with Crippen molar-refractivity contribution in [1.82, 2.24) is 4.90 Å². The second-order valence-corrected chi connectivity index (χ2v) is 7.24. The molecular formula is C14H23NO3. The molecule has 2 bridgehead atoms. The highest BCUT2D eigenvalue weighted by molar-refractivity contribution is 5.70. The molecule has 4 aliphatic rings. The van der Waals surface area contributed by atoms with Gasteiger partial charge in [-0.3, -0.25) is 0 Å². The molecule has 4 nitrogen and oxygen atoms in total. The number of rotatable bonds is 2. The Bertz CT molecular complexity index is 370. The molecule has 1 N–H and O–H groups in total. The lowest BCUT2D eigenvalue weighted by Gasteiger charge is -2.41. The summed E-state index contributed by atoms with van der Waals surface area (Å²) < 4.78 is 5.46. The van der Waals surface area contributed by atoms with E-state index in [9.17, 15) is 9.90 Å². The van der Waals surface area contributed by atoms with Gasteiger partial charge in [-0.2, -0.15) is 0 Å². The van der Waals surface area contributed by atoms with E-state index < -0.39 is 5.60 Å². The maximum absolute atomic E-state index is 12.1. The van der Waals surface area contributed by atoms with Crippen LogP contribution in [0.3, 0.4) is 0 Å². The molecule has 2 aliphatic carbocycles. The smallest absolute Gasteiger partial charge is 0.410 e. The van der Waals surface area contributed by atoms with Gasteiger partial charge in [0.15, 0.2) is 0 Å². The first-order valence-corrected chi connectivity index (χ1v) is 6.97. The van der Waals surface area contributed by atoms with Crippen LogP contribution >= 0.6 is 0 Å². The fourth-order valence-electron chi connectivity index (χ4n) is 3.81. The number of aliphatic hydroxyl groups excluding tert-OH is 1. The number of aliphatic hydroxyl groups is 1. The molecule has 18 heavy (non-hydrogen) atoms. The fraction of sp³-hybridized carbons (Fsp3) is 0.929. The predicted molar refractivity (Wildman–Crippen MR) is 67.1 cm³/mol. The Labute approximate surface area is 108 Å². The van der Waals surface area contributed by atoms with Gasteiger partial charge in [-0.15, -0.1) is 0 Å². The number of carbonyl (C=O) groups is 1. The van der Waals surface area contributed by atoms with E-state index in [1.807, 2.05) is 25.7 Å². The first-order chi connectivity index (χ1) is 8.36. The minimum absolute atomic E-state index is 0.143. The van der Waals surface area contributed by atoms with E-state index in [0.29, 0.717) is 17.9 Å². The van der Waals surface area contributed by atoms with Gasteiger partial charge < -0.3 is 14.7 Å². The topological polar surface area (TPSA) is 49.8 Å². The van der Waals surface area contributed by atoms with Crippen molar-refractivity contribution in [3.05, 3.63) is 0 Å². The Morgan fingerprint density at radius 1 is 1.44 bits per heavy atom. The van der Waals surface area contributed by atoms with Crippen molar-refractivity contribution in [3.8, 4) is 0 Å². The quantitative estimate of drug-likeness (QED) is 0.819. The van der Waals surface area contributed by atoms with Gasteiger partial charge in [0.1, 0.15) is 5.60 Å². The van der Waals surface area contributed by atoms with E-state index in [1.165, 1.54) is 0 Å². The van der Waals surface area contributed by atoms with Crippen LogP contribution in [0.4, 0.5) is 4.79 Å². The lowest BCUT2D eigenvalue weighted by molar-refractivity contribution is 0.00647. The number of hydrogen-bond acceptors (Lipinski definition) is 3. The maximum Gasteiger partial charge on any atom is 0.410 e. The minimum atomic E-state index is -0.423. The fourth-order valence-corrected chi connectivity index (χ4v) is 3.81. The molecule has 4 fully saturated rings. The van der Waals surface area contributed by atoms with E-state index in [1.54, 1.807) is 0 Å². The Morgan fingerprint density at radius 3 is 2.61 bits per heavy atom. The van der Waals surface area contributed by atoms with Gasteiger partial charge in [0.2, 0.25) is 0 Å². The molecule has 0 spiro atoms. The highest BCUT2D eigenvalue weighted by Gasteiger charge is 2.65. The average molecular weight is 253 g/mol. The van der Waals surface area contributed by atoms with Crippen molar-refractivity contribution in [2.45, 2.75) is 51.7 Å². The van der Waals surface area contributed by atoms with E-state index in [2.05, 4.69) is 0 Å². The summed E-state index contributed by atoms with van der Waals surface area (Å²) in [7, 11) is 0. The Kier molecular flexibility index (Phi) is 2.47. The van der Waals surface area contributed by atoms with Crippen LogP contribution in [0.1, 0.15) is 40.0 Å². The molecule has 1 unspecified atom stereocenters. The number of fused-ring (bicyclic) bond motifs is 1. The standard InChI is InChI=1S/C14H23NO3/c1-13(2,3)18-12(17)15-7-9-6-10(15)11(9)14(8-16)4-5-14/h9-11,16H,4-8H2,1-3H3/t9-,10-,11?/m0/s1. The summed E-state index contributed by atoms with van der Waals surface area (Å²) in [4.78, 5) is 14.0. The monoisotopic (exact) mass is 253 g/mol. The van der Waals surface area contributed by atoms with Crippen LogP contribution in [0.15, 0.2) is 0 Å². The minimum Gasteiger partial charge on any atom is -0.444 e. The van der Waals surface area contributed by atoms with Crippen LogP contribution in [0, 0.1) is 17.3 Å². The summed E-state index contributed by atoms with van der Waals surface area (Å²) in [5.74, 6) is 1.12. The molecule has 4 rings (SSSR count). The molecule has 0 aromatic heterocycles. The van der Waals surface area contributed by atoms with E-state index in [-0.39, 0.29) is 18.1 Å². The Balaban J connectivity index is 1.66. The van der Waals surface area contributed by atoms with Crippen LogP contribution in [-0.2, 0) is 4.74 Å². The molecule has 2 saturated heterocycles. The van der Waals surface area contributed by atoms with Gasteiger partial charge in [-0.25, -0.2) is 4.79 Å². The lowest BCUT2D eigenvalue weighted by atomic mass is 9.65. The van der Waals surface area contributed by atoms with Crippen LogP contribution < -0.4 is 0 Å². The van der Waals surface area contributed by atoms with E-state index in [4.69, 9.17) is 4.74 Å². The lowest BCUT2D eigenvalue weighted by Crippen LogP contribution is -2.47. The van der Waals surface area contributed by atoms with Gasteiger partial charge >= 0.3 is 6.09 Å². The van der Waals surface area contributed by atoms with Crippen molar-refractivity contribution >= 4 is 6.09 Å². The SMILES string of the molecule is CC(C)(C)OC(=O)N1C[C@@H]2C[C@H]1C2C1(CO)CC1. The molecule has 3 atom stereocenters. The first kappa shape index (κ1) is 12.3. The number of hydrogen-bond donors (Lipinski definition) is 1. The molecule has 0 aromatic rings. The summed E-state index contributed by atoms with van der Waals surface area (Å²) >= 11 is 0. The Morgan fingerprint density at radius 2 is 2.11 bits per heavy atom. The molecule has 2 heterocycles. The zero-order chi connectivity index (χ0) is 13.1. The van der Waals surface area contributed by atoms with Crippen molar-refractivity contribution < 1.29 is 14.6 Å². The van der Waals surface area contributed by atoms with Crippen LogP contribution in [-0.4, -0.2) is 40.9 Å². The third-order valence-corrected chi connectivity index (χ3v) is 4.84. The third-order valence-electron chi connectivity index (χ3n) is 4.84. The molecule has 2 aliphatic heterocycles. The molecule has 1 amide bonds. The van der Waals surface area contributed by atoms with Crippen LogP contribution in [0.25, 0.3) is 0 Å². The van der Waals surface area contributed by atoms with Gasteiger partial charge in [0.05, 0.1) is 0 Å².